The molecule has 0 heterocycles. The van der Waals surface area contributed by atoms with Crippen molar-refractivity contribution in [2.75, 3.05) is 41.2 Å². The Morgan fingerprint density at radius 3 is 1.55 bits per heavy atom. The first-order valence-corrected chi connectivity index (χ1v) is 15.5. The lowest BCUT2D eigenvalue weighted by Gasteiger charge is -2.24. The van der Waals surface area contributed by atoms with E-state index in [-0.39, 0.29) is 5.97 Å². The summed E-state index contributed by atoms with van der Waals surface area (Å²) in [5, 5.41) is 0. The van der Waals surface area contributed by atoms with Crippen LogP contribution in [0.15, 0.2) is 0 Å². The number of hydrogen-bond acceptors (Lipinski definition) is 6. The van der Waals surface area contributed by atoms with E-state index in [9.17, 15) is 4.79 Å². The van der Waals surface area contributed by atoms with Crippen molar-refractivity contribution >= 4 is 14.8 Å². The average Bonchev–Trinajstić information content (AvgIpc) is 2.84. The molecule has 0 aliphatic heterocycles. The summed E-state index contributed by atoms with van der Waals surface area (Å²) in [5.41, 5.74) is 0. The highest BCUT2D eigenvalue weighted by Crippen LogP contribution is 2.17. The minimum absolute atomic E-state index is 0.172. The number of rotatable bonds is 26. The van der Waals surface area contributed by atoms with Gasteiger partial charge in [-0.1, -0.05) is 90.4 Å². The second-order valence-electron chi connectivity index (χ2n) is 8.93. The maximum absolute atomic E-state index is 11.8. The van der Waals surface area contributed by atoms with Crippen LogP contribution in [0, 0.1) is 0 Å². The van der Waals surface area contributed by atoms with Crippen LogP contribution in [0.3, 0.4) is 0 Å². The first-order chi connectivity index (χ1) is 16.1. The summed E-state index contributed by atoms with van der Waals surface area (Å²) >= 11 is 0. The van der Waals surface area contributed by atoms with E-state index in [1.807, 2.05) is 0 Å². The van der Waals surface area contributed by atoms with Gasteiger partial charge in [0.2, 0.25) is 0 Å². The summed E-state index contributed by atoms with van der Waals surface area (Å²) in [5.74, 6) is -0.172. The third-order valence-corrected chi connectivity index (χ3v) is 9.01. The van der Waals surface area contributed by atoms with E-state index < -0.39 is 8.80 Å². The van der Waals surface area contributed by atoms with Gasteiger partial charge in [0.05, 0.1) is 6.61 Å². The molecule has 0 spiro atoms. The Kier molecular flexibility index (Phi) is 24.3. The second-order valence-corrected chi connectivity index (χ2v) is 12.0. The van der Waals surface area contributed by atoms with E-state index in [2.05, 4.69) is 6.92 Å². The van der Waals surface area contributed by atoms with Crippen molar-refractivity contribution in [1.29, 1.82) is 0 Å². The Bertz CT molecular complexity index is 409. The number of unbranched alkanes of at least 4 members (excludes halogenated alkanes) is 14. The van der Waals surface area contributed by atoms with Gasteiger partial charge in [0.25, 0.3) is 0 Å². The fourth-order valence-corrected chi connectivity index (χ4v) is 5.75. The Balaban J connectivity index is 3.29. The average molecular weight is 491 g/mol. The van der Waals surface area contributed by atoms with Crippen LogP contribution in [0.5, 0.6) is 0 Å². The molecule has 33 heavy (non-hydrogen) atoms. The molecule has 0 bridgehead atoms. The van der Waals surface area contributed by atoms with Gasteiger partial charge in [-0.25, -0.2) is 0 Å². The largest absolute Gasteiger partial charge is 0.500 e. The quantitative estimate of drug-likeness (QED) is 0.0733. The van der Waals surface area contributed by atoms with Crippen LogP contribution >= 0.6 is 0 Å². The molecule has 0 N–H and O–H groups in total. The van der Waals surface area contributed by atoms with E-state index in [1.165, 1.54) is 83.5 Å². The molecule has 0 saturated heterocycles. The highest BCUT2D eigenvalue weighted by atomic mass is 28.4. The van der Waals surface area contributed by atoms with Crippen molar-refractivity contribution < 1.29 is 27.5 Å². The van der Waals surface area contributed by atoms with E-state index in [0.717, 1.165) is 25.9 Å². The molecule has 0 radical (unpaired) electrons. The highest BCUT2D eigenvalue weighted by molar-refractivity contribution is 6.60. The van der Waals surface area contributed by atoms with Gasteiger partial charge in [0.15, 0.2) is 0 Å². The minimum atomic E-state index is -2.53. The summed E-state index contributed by atoms with van der Waals surface area (Å²) in [6, 6.07) is 0.700. The lowest BCUT2D eigenvalue weighted by molar-refractivity contribution is -0.145. The van der Waals surface area contributed by atoms with Gasteiger partial charge in [0, 0.05) is 40.4 Å². The summed E-state index contributed by atoms with van der Waals surface area (Å²) < 4.78 is 26.9. The molecular formula is C26H54O6Si. The maximum Gasteiger partial charge on any atom is 0.500 e. The predicted molar refractivity (Wildman–Crippen MR) is 138 cm³/mol. The van der Waals surface area contributed by atoms with Gasteiger partial charge >= 0.3 is 14.8 Å². The third kappa shape index (κ3) is 20.6. The van der Waals surface area contributed by atoms with E-state index in [4.69, 9.17) is 22.8 Å². The summed E-state index contributed by atoms with van der Waals surface area (Å²) in [6.07, 6.45) is 21.0. The fraction of sp³-hybridized carbons (Fsp3) is 0.962. The number of carbonyl (C=O) groups excluding carboxylic acids is 1. The van der Waals surface area contributed by atoms with Crippen molar-refractivity contribution in [3.63, 3.8) is 0 Å². The van der Waals surface area contributed by atoms with Gasteiger partial charge in [0.1, 0.15) is 6.61 Å². The summed E-state index contributed by atoms with van der Waals surface area (Å²) in [4.78, 5) is 11.8. The van der Waals surface area contributed by atoms with Crippen LogP contribution in [-0.2, 0) is 27.5 Å². The van der Waals surface area contributed by atoms with Crippen LogP contribution in [-0.4, -0.2) is 55.9 Å². The summed E-state index contributed by atoms with van der Waals surface area (Å²) in [6.45, 7) is 3.85. The first kappa shape index (κ1) is 32.5. The second kappa shape index (κ2) is 24.6. The Morgan fingerprint density at radius 2 is 1.06 bits per heavy atom. The van der Waals surface area contributed by atoms with Crippen molar-refractivity contribution in [2.24, 2.45) is 0 Å². The SMILES string of the molecule is CCCCCCCCCCCCCCCCOCCOC(=O)CCCC[Si](OC)(OC)OC. The Hall–Kier alpha value is -0.473. The molecule has 198 valence electrons. The van der Waals surface area contributed by atoms with Gasteiger partial charge in [-0.3, -0.25) is 4.79 Å². The van der Waals surface area contributed by atoms with E-state index >= 15 is 0 Å². The van der Waals surface area contributed by atoms with E-state index in [1.54, 1.807) is 21.3 Å². The zero-order chi connectivity index (χ0) is 24.5. The van der Waals surface area contributed by atoms with Crippen molar-refractivity contribution in [3.8, 4) is 0 Å². The topological polar surface area (TPSA) is 63.2 Å². The van der Waals surface area contributed by atoms with Gasteiger partial charge in [-0.05, 0) is 19.3 Å². The van der Waals surface area contributed by atoms with Gasteiger partial charge in [-0.15, -0.1) is 0 Å². The predicted octanol–water partition coefficient (Wildman–Crippen LogP) is 7.08. The number of carbonyl (C=O) groups is 1. The molecule has 0 aliphatic carbocycles. The minimum Gasteiger partial charge on any atom is -0.463 e. The van der Waals surface area contributed by atoms with Crippen LogP contribution in [0.25, 0.3) is 0 Å². The number of esters is 1. The van der Waals surface area contributed by atoms with Crippen LogP contribution < -0.4 is 0 Å². The molecule has 0 saturated carbocycles. The number of ether oxygens (including phenoxy) is 2. The number of hydrogen-bond donors (Lipinski definition) is 0. The van der Waals surface area contributed by atoms with Crippen molar-refractivity contribution in [1.82, 2.24) is 0 Å². The zero-order valence-corrected chi connectivity index (χ0v) is 23.3. The molecule has 0 unspecified atom stereocenters. The normalized spacial score (nSPS) is 11.8. The van der Waals surface area contributed by atoms with Crippen LogP contribution in [0.2, 0.25) is 6.04 Å². The highest BCUT2D eigenvalue weighted by Gasteiger charge is 2.36. The molecule has 6 nitrogen and oxygen atoms in total. The van der Waals surface area contributed by atoms with Gasteiger partial charge in [-0.2, -0.15) is 0 Å². The smallest absolute Gasteiger partial charge is 0.463 e. The van der Waals surface area contributed by atoms with Crippen molar-refractivity contribution in [2.45, 2.75) is 122 Å². The standard InChI is InChI=1S/C26H54O6Si/c1-5-6-7-8-9-10-11-12-13-14-15-16-17-19-22-31-23-24-32-26(27)21-18-20-25-33(28-2,29-3)30-4/h5-25H2,1-4H3. The molecule has 0 fully saturated rings. The molecule has 7 heteroatoms. The summed E-state index contributed by atoms with van der Waals surface area (Å²) in [7, 11) is 2.28. The molecule has 0 aromatic rings. The molecule has 0 rings (SSSR count). The first-order valence-electron chi connectivity index (χ1n) is 13.5. The molecule has 0 amide bonds. The molecule has 0 atom stereocenters. The monoisotopic (exact) mass is 490 g/mol. The third-order valence-electron chi connectivity index (χ3n) is 6.18. The van der Waals surface area contributed by atoms with Crippen LogP contribution in [0.4, 0.5) is 0 Å². The lowest BCUT2D eigenvalue weighted by atomic mass is 10.0. The van der Waals surface area contributed by atoms with Crippen molar-refractivity contribution in [3.05, 3.63) is 0 Å². The lowest BCUT2D eigenvalue weighted by Crippen LogP contribution is -2.42. The zero-order valence-electron chi connectivity index (χ0n) is 22.3. The Morgan fingerprint density at radius 1 is 0.576 bits per heavy atom. The van der Waals surface area contributed by atoms with Crippen LogP contribution in [0.1, 0.15) is 116 Å². The Labute approximate surface area is 205 Å². The molecular weight excluding hydrogens is 436 g/mol. The molecule has 0 aliphatic rings. The van der Waals surface area contributed by atoms with E-state index in [0.29, 0.717) is 25.7 Å². The molecule has 0 aromatic carbocycles. The fourth-order valence-electron chi connectivity index (χ4n) is 3.95. The maximum atomic E-state index is 11.8. The van der Waals surface area contributed by atoms with Gasteiger partial charge < -0.3 is 22.8 Å². The molecule has 0 aromatic heterocycles.